The molecule has 0 radical (unpaired) electrons. The number of hydrogen-bond acceptors (Lipinski definition) is 5. The highest BCUT2D eigenvalue weighted by molar-refractivity contribution is 5.95. The van der Waals surface area contributed by atoms with Crippen LogP contribution in [0.25, 0.3) is 33.3 Å². The highest BCUT2D eigenvalue weighted by atomic mass is 19.3. The van der Waals surface area contributed by atoms with Crippen LogP contribution in [0.15, 0.2) is 60.7 Å². The van der Waals surface area contributed by atoms with E-state index in [9.17, 15) is 18.0 Å². The lowest BCUT2D eigenvalue weighted by molar-refractivity contribution is -0.0126. The molecule has 0 saturated heterocycles. The molecule has 0 amide bonds. The van der Waals surface area contributed by atoms with Gasteiger partial charge in [0.2, 0.25) is 0 Å². The van der Waals surface area contributed by atoms with Gasteiger partial charge in [0.15, 0.2) is 0 Å². The number of carbonyl (C=O) groups excluding carboxylic acids is 1. The summed E-state index contributed by atoms with van der Waals surface area (Å²) in [6, 6.07) is 17.2. The summed E-state index contributed by atoms with van der Waals surface area (Å²) in [4.78, 5) is 17.0. The van der Waals surface area contributed by atoms with Crippen molar-refractivity contribution >= 4 is 27.9 Å². The number of hydrogen-bond donors (Lipinski definition) is 0. The Morgan fingerprint density at radius 3 is 2.49 bits per heavy atom. The molecule has 0 unspecified atom stereocenters. The first-order chi connectivity index (χ1) is 20.8. The number of halogens is 3. The van der Waals surface area contributed by atoms with Gasteiger partial charge in [-0.15, -0.1) is 0 Å². The number of alkyl halides is 2. The molecule has 1 aliphatic rings. The van der Waals surface area contributed by atoms with Crippen molar-refractivity contribution in [3.63, 3.8) is 0 Å². The molecule has 0 aliphatic heterocycles. The molecule has 0 saturated carbocycles. The van der Waals surface area contributed by atoms with E-state index in [0.29, 0.717) is 55.4 Å². The van der Waals surface area contributed by atoms with Gasteiger partial charge in [-0.1, -0.05) is 12.1 Å². The van der Waals surface area contributed by atoms with E-state index >= 15 is 0 Å². The average Bonchev–Trinajstić information content (AvgIpc) is 3.52. The molecular weight excluding hydrogens is 559 g/mol. The van der Waals surface area contributed by atoms with E-state index in [1.807, 2.05) is 28.8 Å². The fraction of sp³-hybridized carbons (Fsp3) is 0.333. The van der Waals surface area contributed by atoms with E-state index in [1.165, 1.54) is 19.2 Å². The molecule has 0 spiro atoms. The molecule has 0 atom stereocenters. The van der Waals surface area contributed by atoms with Crippen molar-refractivity contribution in [2.24, 2.45) is 0 Å². The van der Waals surface area contributed by atoms with E-state index < -0.39 is 11.9 Å². The Kier molecular flexibility index (Phi) is 7.98. The largest absolute Gasteiger partial charge is 0.465 e. The summed E-state index contributed by atoms with van der Waals surface area (Å²) < 4.78 is 62.9. The lowest BCUT2D eigenvalue weighted by atomic mass is 9.92. The summed E-state index contributed by atoms with van der Waals surface area (Å²) in [6.45, 7) is 2.16. The number of carbonyl (C=O) groups is 1. The van der Waals surface area contributed by atoms with E-state index in [0.717, 1.165) is 33.2 Å². The number of aromatic nitrogens is 3. The standard InChI is InChI=1S/C33H32F3N3O4/c1-41-15-13-39-30-10-6-23(32(40)42-2)18-27(30)37-31(39)22-5-9-28-25(17-22)26-19-33(35,36)12-11-29(26)38(28)14-16-43-20-21-3-7-24(34)8-4-21/h3-10,17-18H,11-16,19-20H2,1-2H3. The Morgan fingerprint density at radius 1 is 0.953 bits per heavy atom. The smallest absolute Gasteiger partial charge is 0.337 e. The number of methoxy groups -OCH3 is 2. The third kappa shape index (κ3) is 5.77. The molecule has 2 aromatic heterocycles. The molecule has 224 valence electrons. The predicted molar refractivity (Wildman–Crippen MR) is 157 cm³/mol. The highest BCUT2D eigenvalue weighted by Crippen LogP contribution is 2.40. The SMILES string of the molecule is COCCn1c(-c2ccc3c(c2)c2c(n3CCOCc3ccc(F)cc3)CCC(F)(F)C2)nc2cc(C(=O)OC)ccc21. The van der Waals surface area contributed by atoms with Crippen molar-refractivity contribution < 1.29 is 32.2 Å². The Balaban J connectivity index is 1.37. The summed E-state index contributed by atoms with van der Waals surface area (Å²) >= 11 is 0. The maximum Gasteiger partial charge on any atom is 0.337 e. The summed E-state index contributed by atoms with van der Waals surface area (Å²) in [7, 11) is 2.96. The zero-order valence-electron chi connectivity index (χ0n) is 24.0. The quantitative estimate of drug-likeness (QED) is 0.136. The summed E-state index contributed by atoms with van der Waals surface area (Å²) in [5.74, 6) is -2.88. The van der Waals surface area contributed by atoms with Gasteiger partial charge in [0, 0.05) is 55.2 Å². The summed E-state index contributed by atoms with van der Waals surface area (Å²) in [5.41, 5.74) is 5.90. The third-order valence-electron chi connectivity index (χ3n) is 8.04. The van der Waals surface area contributed by atoms with E-state index in [1.54, 1.807) is 31.4 Å². The van der Waals surface area contributed by atoms with Gasteiger partial charge in [0.05, 0.1) is 43.5 Å². The second kappa shape index (κ2) is 11.9. The van der Waals surface area contributed by atoms with Gasteiger partial charge in [-0.2, -0.15) is 0 Å². The predicted octanol–water partition coefficient (Wildman–Crippen LogP) is 6.57. The first-order valence-corrected chi connectivity index (χ1v) is 14.2. The van der Waals surface area contributed by atoms with Crippen LogP contribution in [-0.4, -0.2) is 53.4 Å². The number of nitrogens with zero attached hydrogens (tertiary/aromatic N) is 3. The van der Waals surface area contributed by atoms with E-state index in [2.05, 4.69) is 4.57 Å². The molecule has 5 aromatic rings. The number of fused-ring (bicyclic) bond motifs is 4. The minimum atomic E-state index is -2.78. The molecule has 0 fully saturated rings. The van der Waals surface area contributed by atoms with Crippen molar-refractivity contribution in [2.75, 3.05) is 27.4 Å². The van der Waals surface area contributed by atoms with Crippen molar-refractivity contribution in [1.29, 1.82) is 0 Å². The summed E-state index contributed by atoms with van der Waals surface area (Å²) in [6.07, 6.45) is -0.254. The van der Waals surface area contributed by atoms with Crippen molar-refractivity contribution in [3.05, 3.63) is 88.9 Å². The topological polar surface area (TPSA) is 67.5 Å². The fourth-order valence-corrected chi connectivity index (χ4v) is 5.93. The minimum absolute atomic E-state index is 0.199. The molecule has 6 rings (SSSR count). The molecule has 10 heteroatoms. The van der Waals surface area contributed by atoms with Crippen molar-refractivity contribution in [1.82, 2.24) is 14.1 Å². The molecule has 3 aromatic carbocycles. The van der Waals surface area contributed by atoms with Gasteiger partial charge in [-0.05, 0) is 66.1 Å². The number of ether oxygens (including phenoxy) is 3. The van der Waals surface area contributed by atoms with Gasteiger partial charge in [-0.3, -0.25) is 0 Å². The third-order valence-corrected chi connectivity index (χ3v) is 8.04. The van der Waals surface area contributed by atoms with Gasteiger partial charge in [-0.25, -0.2) is 22.9 Å². The van der Waals surface area contributed by atoms with Gasteiger partial charge < -0.3 is 23.3 Å². The van der Waals surface area contributed by atoms with Crippen LogP contribution in [0.5, 0.6) is 0 Å². The number of imidazole rings is 1. The Hall–Kier alpha value is -4.15. The second-order valence-electron chi connectivity index (χ2n) is 10.8. The highest BCUT2D eigenvalue weighted by Gasteiger charge is 2.37. The number of esters is 1. The number of rotatable bonds is 10. The van der Waals surface area contributed by atoms with Crippen LogP contribution in [0, 0.1) is 5.82 Å². The van der Waals surface area contributed by atoms with Crippen molar-refractivity contribution in [3.8, 4) is 11.4 Å². The van der Waals surface area contributed by atoms with Crippen molar-refractivity contribution in [2.45, 2.75) is 44.9 Å². The Bertz CT molecular complexity index is 1790. The molecule has 2 heterocycles. The zero-order valence-corrected chi connectivity index (χ0v) is 24.0. The van der Waals surface area contributed by atoms with E-state index in [-0.39, 0.29) is 25.1 Å². The minimum Gasteiger partial charge on any atom is -0.465 e. The molecule has 43 heavy (non-hydrogen) atoms. The zero-order chi connectivity index (χ0) is 30.1. The Labute approximate surface area is 246 Å². The molecule has 0 bridgehead atoms. The van der Waals surface area contributed by atoms with Crippen LogP contribution in [0.3, 0.4) is 0 Å². The van der Waals surface area contributed by atoms with Crippen LogP contribution < -0.4 is 0 Å². The second-order valence-corrected chi connectivity index (χ2v) is 10.8. The normalized spacial score (nSPS) is 14.3. The van der Waals surface area contributed by atoms with Gasteiger partial charge in [0.25, 0.3) is 5.92 Å². The maximum atomic E-state index is 14.7. The van der Waals surface area contributed by atoms with E-state index in [4.69, 9.17) is 19.2 Å². The maximum absolute atomic E-state index is 14.7. The summed E-state index contributed by atoms with van der Waals surface area (Å²) in [5, 5.41) is 0.769. The van der Waals surface area contributed by atoms with Gasteiger partial charge in [0.1, 0.15) is 11.6 Å². The monoisotopic (exact) mass is 591 g/mol. The molecule has 1 aliphatic carbocycles. The lowest BCUT2D eigenvalue weighted by Crippen LogP contribution is -2.26. The molecule has 7 nitrogen and oxygen atoms in total. The first kappa shape index (κ1) is 28.9. The molecular formula is C33H32F3N3O4. The lowest BCUT2D eigenvalue weighted by Gasteiger charge is -2.23. The first-order valence-electron chi connectivity index (χ1n) is 14.2. The Morgan fingerprint density at radius 2 is 1.72 bits per heavy atom. The van der Waals surface area contributed by atoms with Gasteiger partial charge >= 0.3 is 5.97 Å². The number of benzene rings is 3. The van der Waals surface area contributed by atoms with Crippen LogP contribution in [0.4, 0.5) is 13.2 Å². The van der Waals surface area contributed by atoms with Crippen LogP contribution >= 0.6 is 0 Å². The van der Waals surface area contributed by atoms with Crippen LogP contribution in [0.1, 0.15) is 33.6 Å². The fourth-order valence-electron chi connectivity index (χ4n) is 5.93. The average molecular weight is 592 g/mol. The van der Waals surface area contributed by atoms with Crippen LogP contribution in [-0.2, 0) is 46.7 Å². The van der Waals surface area contributed by atoms with Crippen LogP contribution in [0.2, 0.25) is 0 Å². The molecule has 0 N–H and O–H groups in total.